The molecular formula is C21H22N4O2S. The molecular weight excluding hydrogens is 372 g/mol. The lowest BCUT2D eigenvalue weighted by molar-refractivity contribution is -0.117. The van der Waals surface area contributed by atoms with Crippen LogP contribution in [0.5, 0.6) is 5.75 Å². The predicted octanol–water partition coefficient (Wildman–Crippen LogP) is 3.83. The third-order valence-corrected chi connectivity index (χ3v) is 5.96. The summed E-state index contributed by atoms with van der Waals surface area (Å²) in [5, 5.41) is 3.59. The molecule has 1 saturated carbocycles. The first-order valence-electron chi connectivity index (χ1n) is 9.20. The SMILES string of the molecule is Cc1ncc(OC[C@@]2(c3ccccc3)C[C@H]2C(=O)Nc2ncc(C)s2)c(C)n1. The topological polar surface area (TPSA) is 77.0 Å². The molecule has 1 aromatic carbocycles. The van der Waals surface area contributed by atoms with Crippen LogP contribution in [0.2, 0.25) is 0 Å². The van der Waals surface area contributed by atoms with Gasteiger partial charge < -0.3 is 10.1 Å². The van der Waals surface area contributed by atoms with Gasteiger partial charge in [0, 0.05) is 16.5 Å². The van der Waals surface area contributed by atoms with E-state index < -0.39 is 0 Å². The first-order chi connectivity index (χ1) is 13.5. The lowest BCUT2D eigenvalue weighted by Crippen LogP contribution is -2.26. The lowest BCUT2D eigenvalue weighted by Gasteiger charge is -2.19. The quantitative estimate of drug-likeness (QED) is 0.687. The van der Waals surface area contributed by atoms with Crippen LogP contribution in [0.1, 0.15) is 28.4 Å². The molecule has 0 radical (unpaired) electrons. The molecule has 1 fully saturated rings. The molecule has 144 valence electrons. The molecule has 2 aromatic heterocycles. The van der Waals surface area contributed by atoms with E-state index in [1.165, 1.54) is 11.3 Å². The van der Waals surface area contributed by atoms with Crippen LogP contribution < -0.4 is 10.1 Å². The van der Waals surface area contributed by atoms with Crippen molar-refractivity contribution in [3.05, 3.63) is 64.7 Å². The van der Waals surface area contributed by atoms with Gasteiger partial charge in [-0.05, 0) is 32.8 Å². The molecule has 1 aliphatic carbocycles. The maximum absolute atomic E-state index is 12.9. The summed E-state index contributed by atoms with van der Waals surface area (Å²) in [4.78, 5) is 26.8. The molecule has 28 heavy (non-hydrogen) atoms. The number of nitrogens with one attached hydrogen (secondary N) is 1. The number of hydrogen-bond donors (Lipinski definition) is 1. The van der Waals surface area contributed by atoms with Gasteiger partial charge in [-0.15, -0.1) is 11.3 Å². The summed E-state index contributed by atoms with van der Waals surface area (Å²) in [6.07, 6.45) is 4.20. The van der Waals surface area contributed by atoms with Crippen molar-refractivity contribution in [3.8, 4) is 5.75 Å². The number of nitrogens with zero attached hydrogens (tertiary/aromatic N) is 3. The second-order valence-corrected chi connectivity index (χ2v) is 8.43. The van der Waals surface area contributed by atoms with Crippen molar-refractivity contribution >= 4 is 22.4 Å². The monoisotopic (exact) mass is 394 g/mol. The first kappa shape index (κ1) is 18.6. The molecule has 0 aliphatic heterocycles. The molecule has 3 aromatic rings. The lowest BCUT2D eigenvalue weighted by atomic mass is 9.94. The standard InChI is InChI=1S/C21H22N4O2S/c1-13-10-23-20(28-13)25-19(26)17-9-21(17,16-7-5-4-6-8-16)12-27-18-11-22-15(3)24-14(18)2/h4-8,10-11,17H,9,12H2,1-3H3,(H,23,25,26)/t17-,21+/m0/s1. The third-order valence-electron chi connectivity index (χ3n) is 5.13. The summed E-state index contributed by atoms with van der Waals surface area (Å²) in [6.45, 7) is 6.13. The molecule has 2 atom stereocenters. The van der Waals surface area contributed by atoms with Gasteiger partial charge in [-0.25, -0.2) is 15.0 Å². The highest BCUT2D eigenvalue weighted by molar-refractivity contribution is 7.15. The van der Waals surface area contributed by atoms with Crippen LogP contribution in [0.3, 0.4) is 0 Å². The van der Waals surface area contributed by atoms with Crippen LogP contribution in [0.25, 0.3) is 0 Å². The van der Waals surface area contributed by atoms with Gasteiger partial charge in [0.25, 0.3) is 0 Å². The van der Waals surface area contributed by atoms with Gasteiger partial charge in [-0.2, -0.15) is 0 Å². The number of rotatable bonds is 6. The Hall–Kier alpha value is -2.80. The van der Waals surface area contributed by atoms with E-state index in [1.807, 2.05) is 39.0 Å². The second-order valence-electron chi connectivity index (χ2n) is 7.20. The van der Waals surface area contributed by atoms with Crippen LogP contribution >= 0.6 is 11.3 Å². The van der Waals surface area contributed by atoms with E-state index in [4.69, 9.17) is 4.74 Å². The van der Waals surface area contributed by atoms with Crippen LogP contribution in [-0.2, 0) is 10.2 Å². The number of carbonyl (C=O) groups excluding carboxylic acids is 1. The van der Waals surface area contributed by atoms with Gasteiger partial charge >= 0.3 is 0 Å². The molecule has 1 amide bonds. The number of aryl methyl sites for hydroxylation is 3. The van der Waals surface area contributed by atoms with E-state index in [0.29, 0.717) is 23.3 Å². The fourth-order valence-corrected chi connectivity index (χ4v) is 4.17. The Labute approximate surface area is 168 Å². The predicted molar refractivity (Wildman–Crippen MR) is 109 cm³/mol. The fourth-order valence-electron chi connectivity index (χ4n) is 3.51. The minimum atomic E-state index is -0.352. The second kappa shape index (κ2) is 7.31. The summed E-state index contributed by atoms with van der Waals surface area (Å²) >= 11 is 1.48. The summed E-state index contributed by atoms with van der Waals surface area (Å²) < 4.78 is 6.09. The van der Waals surface area contributed by atoms with Gasteiger partial charge in [0.05, 0.1) is 24.4 Å². The van der Waals surface area contributed by atoms with E-state index in [1.54, 1.807) is 12.4 Å². The number of thiazole rings is 1. The van der Waals surface area contributed by atoms with Gasteiger partial charge in [0.15, 0.2) is 10.9 Å². The number of ether oxygens (including phenoxy) is 1. The molecule has 7 heteroatoms. The van der Waals surface area contributed by atoms with Crippen LogP contribution in [-0.4, -0.2) is 27.5 Å². The summed E-state index contributed by atoms with van der Waals surface area (Å²) in [5.74, 6) is 1.19. The molecule has 6 nitrogen and oxygen atoms in total. The minimum Gasteiger partial charge on any atom is -0.489 e. The number of anilines is 1. The average Bonchev–Trinajstić information content (AvgIpc) is 3.29. The Balaban J connectivity index is 1.54. The number of aromatic nitrogens is 3. The van der Waals surface area contributed by atoms with Crippen molar-refractivity contribution in [2.45, 2.75) is 32.6 Å². The van der Waals surface area contributed by atoms with Crippen LogP contribution in [0.15, 0.2) is 42.7 Å². The maximum Gasteiger partial charge on any atom is 0.230 e. The number of benzene rings is 1. The average molecular weight is 395 g/mol. The van der Waals surface area contributed by atoms with Crippen molar-refractivity contribution in [3.63, 3.8) is 0 Å². The van der Waals surface area contributed by atoms with Crippen LogP contribution in [0, 0.1) is 26.7 Å². The third kappa shape index (κ3) is 3.62. The maximum atomic E-state index is 12.9. The Morgan fingerprint density at radius 2 is 2.00 bits per heavy atom. The molecule has 0 unspecified atom stereocenters. The molecule has 2 heterocycles. The number of carbonyl (C=O) groups is 1. The zero-order valence-electron chi connectivity index (χ0n) is 16.1. The van der Waals surface area contributed by atoms with E-state index in [9.17, 15) is 4.79 Å². The normalized spacial score (nSPS) is 20.6. The van der Waals surface area contributed by atoms with Gasteiger partial charge in [0.1, 0.15) is 5.82 Å². The van der Waals surface area contributed by atoms with E-state index in [0.717, 1.165) is 22.6 Å². The van der Waals surface area contributed by atoms with Crippen molar-refractivity contribution in [2.75, 3.05) is 11.9 Å². The van der Waals surface area contributed by atoms with E-state index in [-0.39, 0.29) is 17.2 Å². The Morgan fingerprint density at radius 1 is 1.21 bits per heavy atom. The highest BCUT2D eigenvalue weighted by atomic mass is 32.1. The smallest absolute Gasteiger partial charge is 0.230 e. The van der Waals surface area contributed by atoms with E-state index >= 15 is 0 Å². The molecule has 1 N–H and O–H groups in total. The zero-order valence-corrected chi connectivity index (χ0v) is 16.9. The van der Waals surface area contributed by atoms with Crippen molar-refractivity contribution in [1.29, 1.82) is 0 Å². The first-order valence-corrected chi connectivity index (χ1v) is 10.0. The highest BCUT2D eigenvalue weighted by Gasteiger charge is 2.60. The number of hydrogen-bond acceptors (Lipinski definition) is 6. The molecule has 0 spiro atoms. The highest BCUT2D eigenvalue weighted by Crippen LogP contribution is 2.55. The minimum absolute atomic E-state index is 0.0151. The summed E-state index contributed by atoms with van der Waals surface area (Å²) in [5.41, 5.74) is 1.56. The van der Waals surface area contributed by atoms with Gasteiger partial charge in [0.2, 0.25) is 5.91 Å². The molecule has 0 bridgehead atoms. The summed E-state index contributed by atoms with van der Waals surface area (Å²) in [7, 11) is 0. The molecule has 4 rings (SSSR count). The zero-order chi connectivity index (χ0) is 19.7. The largest absolute Gasteiger partial charge is 0.489 e. The van der Waals surface area contributed by atoms with Crippen molar-refractivity contribution < 1.29 is 9.53 Å². The van der Waals surface area contributed by atoms with Crippen molar-refractivity contribution in [1.82, 2.24) is 15.0 Å². The van der Waals surface area contributed by atoms with E-state index in [2.05, 4.69) is 32.4 Å². The Bertz CT molecular complexity index is 1000. The summed E-state index contributed by atoms with van der Waals surface area (Å²) in [6, 6.07) is 10.1. The number of amides is 1. The molecule has 0 saturated heterocycles. The van der Waals surface area contributed by atoms with Gasteiger partial charge in [-0.3, -0.25) is 4.79 Å². The molecule has 1 aliphatic rings. The van der Waals surface area contributed by atoms with Crippen LogP contribution in [0.4, 0.5) is 5.13 Å². The van der Waals surface area contributed by atoms with Gasteiger partial charge in [-0.1, -0.05) is 30.3 Å². The Kier molecular flexibility index (Phi) is 4.85. The Morgan fingerprint density at radius 3 is 2.68 bits per heavy atom. The fraction of sp³-hybridized carbons (Fsp3) is 0.333. The van der Waals surface area contributed by atoms with Crippen molar-refractivity contribution in [2.24, 2.45) is 5.92 Å².